The van der Waals surface area contributed by atoms with Crippen molar-refractivity contribution in [2.24, 2.45) is 11.8 Å². The molecule has 1 aliphatic heterocycles. The summed E-state index contributed by atoms with van der Waals surface area (Å²) in [5.41, 5.74) is 7.98. The van der Waals surface area contributed by atoms with Crippen LogP contribution in [0.2, 0.25) is 0 Å². The van der Waals surface area contributed by atoms with Crippen LogP contribution >= 0.6 is 0 Å². The number of hydrogen-bond acceptors (Lipinski definition) is 2. The van der Waals surface area contributed by atoms with Crippen LogP contribution in [0.3, 0.4) is 0 Å². The number of benzene rings is 1. The van der Waals surface area contributed by atoms with Crippen LogP contribution in [-0.2, 0) is 0 Å². The molecule has 1 aromatic rings. The Morgan fingerprint density at radius 1 is 1.25 bits per heavy atom. The highest BCUT2D eigenvalue weighted by Gasteiger charge is 2.28. The lowest BCUT2D eigenvalue weighted by Crippen LogP contribution is -2.45. The zero-order valence-electron chi connectivity index (χ0n) is 10.5. The lowest BCUT2D eigenvalue weighted by atomic mass is 9.85. The smallest absolute Gasteiger partial charge is 0.0389 e. The van der Waals surface area contributed by atoms with Gasteiger partial charge in [0.15, 0.2) is 0 Å². The molecule has 1 heterocycles. The monoisotopic (exact) mass is 218 g/mol. The van der Waals surface area contributed by atoms with Crippen molar-refractivity contribution < 1.29 is 0 Å². The minimum absolute atomic E-state index is 0.609. The predicted molar refractivity (Wildman–Crippen MR) is 70.6 cm³/mol. The number of anilines is 2. The summed E-state index contributed by atoms with van der Waals surface area (Å²) in [5.74, 6) is 1.53. The first-order valence-electron chi connectivity index (χ1n) is 6.20. The van der Waals surface area contributed by atoms with Crippen molar-refractivity contribution in [3.05, 3.63) is 24.3 Å². The Morgan fingerprint density at radius 3 is 2.69 bits per heavy atom. The van der Waals surface area contributed by atoms with Gasteiger partial charge in [0.25, 0.3) is 0 Å². The average Bonchev–Trinajstić information content (AvgIpc) is 2.23. The van der Waals surface area contributed by atoms with Crippen molar-refractivity contribution in [3.8, 4) is 0 Å². The summed E-state index contributed by atoms with van der Waals surface area (Å²) in [4.78, 5) is 2.50. The molecule has 1 saturated heterocycles. The molecule has 2 heteroatoms. The second kappa shape index (κ2) is 4.36. The molecule has 3 unspecified atom stereocenters. The average molecular weight is 218 g/mol. The molecule has 2 nitrogen and oxygen atoms in total. The maximum Gasteiger partial charge on any atom is 0.0389 e. The van der Waals surface area contributed by atoms with Crippen LogP contribution in [0, 0.1) is 11.8 Å². The SMILES string of the molecule is CC1CC(C)C(C)N(c2cccc(N)c2)C1. The quantitative estimate of drug-likeness (QED) is 0.734. The van der Waals surface area contributed by atoms with Gasteiger partial charge in [-0.2, -0.15) is 0 Å². The van der Waals surface area contributed by atoms with E-state index in [0.717, 1.165) is 24.1 Å². The van der Waals surface area contributed by atoms with Gasteiger partial charge in [0.05, 0.1) is 0 Å². The van der Waals surface area contributed by atoms with E-state index in [4.69, 9.17) is 5.73 Å². The van der Waals surface area contributed by atoms with Gasteiger partial charge in [-0.1, -0.05) is 19.9 Å². The van der Waals surface area contributed by atoms with Gasteiger partial charge in [-0.25, -0.2) is 0 Å². The van der Waals surface area contributed by atoms with E-state index in [1.165, 1.54) is 12.1 Å². The van der Waals surface area contributed by atoms with Gasteiger partial charge in [-0.05, 0) is 43.4 Å². The van der Waals surface area contributed by atoms with Gasteiger partial charge >= 0.3 is 0 Å². The summed E-state index contributed by atoms with van der Waals surface area (Å²) in [6.07, 6.45) is 1.33. The van der Waals surface area contributed by atoms with Crippen molar-refractivity contribution in [1.82, 2.24) is 0 Å². The third kappa shape index (κ3) is 2.16. The van der Waals surface area contributed by atoms with Crippen LogP contribution < -0.4 is 10.6 Å². The van der Waals surface area contributed by atoms with Crippen LogP contribution in [-0.4, -0.2) is 12.6 Å². The largest absolute Gasteiger partial charge is 0.399 e. The Kier molecular flexibility index (Phi) is 3.08. The molecule has 2 rings (SSSR count). The van der Waals surface area contributed by atoms with E-state index < -0.39 is 0 Å². The van der Waals surface area contributed by atoms with Gasteiger partial charge in [0, 0.05) is 24.0 Å². The topological polar surface area (TPSA) is 29.3 Å². The van der Waals surface area contributed by atoms with E-state index in [1.807, 2.05) is 12.1 Å². The van der Waals surface area contributed by atoms with Gasteiger partial charge in [0.2, 0.25) is 0 Å². The van der Waals surface area contributed by atoms with Crippen LogP contribution in [0.25, 0.3) is 0 Å². The Labute approximate surface area is 98.4 Å². The molecule has 1 fully saturated rings. The molecule has 0 bridgehead atoms. The van der Waals surface area contributed by atoms with E-state index in [1.54, 1.807) is 0 Å². The van der Waals surface area contributed by atoms with Gasteiger partial charge in [0.1, 0.15) is 0 Å². The third-order valence-corrected chi connectivity index (χ3v) is 3.80. The molecular formula is C14H22N2. The van der Waals surface area contributed by atoms with Crippen molar-refractivity contribution in [2.45, 2.75) is 33.2 Å². The predicted octanol–water partition coefficient (Wildman–Crippen LogP) is 3.14. The van der Waals surface area contributed by atoms with Crippen LogP contribution in [0.15, 0.2) is 24.3 Å². The van der Waals surface area contributed by atoms with Crippen molar-refractivity contribution in [3.63, 3.8) is 0 Å². The third-order valence-electron chi connectivity index (χ3n) is 3.80. The highest BCUT2D eigenvalue weighted by molar-refractivity contribution is 5.56. The number of nitrogens with two attached hydrogens (primary N) is 1. The van der Waals surface area contributed by atoms with E-state index in [-0.39, 0.29) is 0 Å². The fourth-order valence-corrected chi connectivity index (χ4v) is 2.76. The first-order valence-corrected chi connectivity index (χ1v) is 6.20. The van der Waals surface area contributed by atoms with Crippen molar-refractivity contribution >= 4 is 11.4 Å². The Bertz CT molecular complexity index is 362. The first-order chi connectivity index (χ1) is 7.58. The van der Waals surface area contributed by atoms with Crippen molar-refractivity contribution in [2.75, 3.05) is 17.2 Å². The van der Waals surface area contributed by atoms with Gasteiger partial charge in [-0.3, -0.25) is 0 Å². The number of nitrogen functional groups attached to an aromatic ring is 1. The molecule has 16 heavy (non-hydrogen) atoms. The molecule has 2 N–H and O–H groups in total. The Hall–Kier alpha value is -1.18. The van der Waals surface area contributed by atoms with Crippen molar-refractivity contribution in [1.29, 1.82) is 0 Å². The fraction of sp³-hybridized carbons (Fsp3) is 0.571. The number of rotatable bonds is 1. The summed E-state index contributed by atoms with van der Waals surface area (Å²) >= 11 is 0. The molecule has 88 valence electrons. The van der Waals surface area contributed by atoms with E-state index in [0.29, 0.717) is 6.04 Å². The van der Waals surface area contributed by atoms with Gasteiger partial charge in [-0.15, -0.1) is 0 Å². The number of nitrogens with zero attached hydrogens (tertiary/aromatic N) is 1. The lowest BCUT2D eigenvalue weighted by Gasteiger charge is -2.42. The highest BCUT2D eigenvalue weighted by atomic mass is 15.2. The van der Waals surface area contributed by atoms with E-state index >= 15 is 0 Å². The normalized spacial score (nSPS) is 30.4. The number of hydrogen-bond donors (Lipinski definition) is 1. The molecule has 1 aliphatic rings. The molecule has 0 aliphatic carbocycles. The molecule has 0 amide bonds. The minimum Gasteiger partial charge on any atom is -0.399 e. The standard InChI is InChI=1S/C14H22N2/c1-10-7-11(2)12(3)16(9-10)14-6-4-5-13(15)8-14/h4-6,8,10-12H,7,9,15H2,1-3H3. The molecule has 0 saturated carbocycles. The molecule has 0 spiro atoms. The van der Waals surface area contributed by atoms with Crippen LogP contribution in [0.5, 0.6) is 0 Å². The lowest BCUT2D eigenvalue weighted by molar-refractivity contribution is 0.297. The zero-order valence-corrected chi connectivity index (χ0v) is 10.5. The summed E-state index contributed by atoms with van der Waals surface area (Å²) in [7, 11) is 0. The summed E-state index contributed by atoms with van der Waals surface area (Å²) in [5, 5.41) is 0. The Balaban J connectivity index is 2.25. The Morgan fingerprint density at radius 2 is 2.00 bits per heavy atom. The molecular weight excluding hydrogens is 196 g/mol. The molecule has 0 radical (unpaired) electrons. The maximum absolute atomic E-state index is 5.85. The molecule has 3 atom stereocenters. The van der Waals surface area contributed by atoms with Crippen LogP contribution in [0.4, 0.5) is 11.4 Å². The zero-order chi connectivity index (χ0) is 11.7. The molecule has 0 aromatic heterocycles. The van der Waals surface area contributed by atoms with Crippen LogP contribution in [0.1, 0.15) is 27.2 Å². The summed E-state index contributed by atoms with van der Waals surface area (Å²) < 4.78 is 0. The van der Waals surface area contributed by atoms with E-state index in [2.05, 4.69) is 37.8 Å². The second-order valence-electron chi connectivity index (χ2n) is 5.31. The summed E-state index contributed by atoms with van der Waals surface area (Å²) in [6, 6.07) is 8.85. The maximum atomic E-state index is 5.85. The fourth-order valence-electron chi connectivity index (χ4n) is 2.76. The second-order valence-corrected chi connectivity index (χ2v) is 5.31. The summed E-state index contributed by atoms with van der Waals surface area (Å²) in [6.45, 7) is 8.15. The molecule has 1 aromatic carbocycles. The highest BCUT2D eigenvalue weighted by Crippen LogP contribution is 2.31. The van der Waals surface area contributed by atoms with Gasteiger partial charge < -0.3 is 10.6 Å². The first kappa shape index (κ1) is 11.3. The minimum atomic E-state index is 0.609. The number of piperidine rings is 1. The van der Waals surface area contributed by atoms with E-state index in [9.17, 15) is 0 Å².